The second kappa shape index (κ2) is 4.64. The van der Waals surface area contributed by atoms with Gasteiger partial charge in [-0.15, -0.1) is 0 Å². The van der Waals surface area contributed by atoms with E-state index in [2.05, 4.69) is 17.2 Å². The van der Waals surface area contributed by atoms with Gasteiger partial charge in [-0.1, -0.05) is 24.3 Å². The summed E-state index contributed by atoms with van der Waals surface area (Å²) in [7, 11) is 0. The van der Waals surface area contributed by atoms with Crippen molar-refractivity contribution < 1.29 is 4.79 Å². The first-order chi connectivity index (χ1) is 7.04. The molecule has 0 aliphatic carbocycles. The topological polar surface area (TPSA) is 41.1 Å². The lowest BCUT2D eigenvalue weighted by molar-refractivity contribution is 0.255. The monoisotopic (exact) mass is 204 g/mol. The standard InChI is InChI=1S/C12H16N2O/c1-5-13-12(15)14-11-9(3)6-8(2)7-10(11)4/h5-7H,1H2,2-4H3,(H2,13,14,15). The Kier molecular flexibility index (Phi) is 3.50. The van der Waals surface area contributed by atoms with E-state index >= 15 is 0 Å². The van der Waals surface area contributed by atoms with Crippen LogP contribution in [0.3, 0.4) is 0 Å². The number of carbonyl (C=O) groups is 1. The highest BCUT2D eigenvalue weighted by Gasteiger charge is 2.06. The molecule has 2 N–H and O–H groups in total. The zero-order chi connectivity index (χ0) is 11.4. The number of amides is 2. The molecule has 0 atom stereocenters. The molecular formula is C12H16N2O. The molecule has 0 aliphatic rings. The van der Waals surface area contributed by atoms with Gasteiger partial charge in [0.15, 0.2) is 0 Å². The van der Waals surface area contributed by atoms with Crippen LogP contribution in [0.5, 0.6) is 0 Å². The van der Waals surface area contributed by atoms with E-state index in [4.69, 9.17) is 0 Å². The Morgan fingerprint density at radius 2 is 1.80 bits per heavy atom. The number of anilines is 1. The van der Waals surface area contributed by atoms with Crippen molar-refractivity contribution in [1.29, 1.82) is 0 Å². The number of benzene rings is 1. The molecule has 0 aliphatic heterocycles. The summed E-state index contributed by atoms with van der Waals surface area (Å²) in [6.07, 6.45) is 1.36. The van der Waals surface area contributed by atoms with Gasteiger partial charge in [-0.3, -0.25) is 0 Å². The fourth-order valence-corrected chi connectivity index (χ4v) is 1.62. The number of hydrogen-bond donors (Lipinski definition) is 2. The highest BCUT2D eigenvalue weighted by Crippen LogP contribution is 2.21. The van der Waals surface area contributed by atoms with Gasteiger partial charge in [0.2, 0.25) is 0 Å². The molecule has 1 aromatic rings. The van der Waals surface area contributed by atoms with E-state index in [1.807, 2.05) is 32.9 Å². The van der Waals surface area contributed by atoms with Crippen LogP contribution in [0, 0.1) is 20.8 Å². The van der Waals surface area contributed by atoms with Gasteiger partial charge in [-0.2, -0.15) is 0 Å². The van der Waals surface area contributed by atoms with Gasteiger partial charge in [0, 0.05) is 5.69 Å². The number of urea groups is 1. The maximum Gasteiger partial charge on any atom is 0.323 e. The van der Waals surface area contributed by atoms with Gasteiger partial charge in [0.05, 0.1) is 0 Å². The van der Waals surface area contributed by atoms with Crippen LogP contribution in [0.4, 0.5) is 10.5 Å². The minimum atomic E-state index is -0.264. The third-order valence-electron chi connectivity index (χ3n) is 2.15. The molecule has 0 heterocycles. The maximum atomic E-state index is 11.3. The van der Waals surface area contributed by atoms with Gasteiger partial charge in [0.25, 0.3) is 0 Å². The first-order valence-electron chi connectivity index (χ1n) is 4.81. The van der Waals surface area contributed by atoms with Gasteiger partial charge >= 0.3 is 6.03 Å². The summed E-state index contributed by atoms with van der Waals surface area (Å²) in [6, 6.07) is 3.81. The molecule has 15 heavy (non-hydrogen) atoms. The zero-order valence-electron chi connectivity index (χ0n) is 9.35. The van der Waals surface area contributed by atoms with E-state index in [0.29, 0.717) is 0 Å². The van der Waals surface area contributed by atoms with Crippen LogP contribution in [-0.2, 0) is 0 Å². The lowest BCUT2D eigenvalue weighted by atomic mass is 10.1. The van der Waals surface area contributed by atoms with Gasteiger partial charge in [-0.05, 0) is 38.1 Å². The van der Waals surface area contributed by atoms with Crippen LogP contribution in [0.25, 0.3) is 0 Å². The quantitative estimate of drug-likeness (QED) is 0.764. The Labute approximate surface area is 90.2 Å². The van der Waals surface area contributed by atoms with Crippen molar-refractivity contribution in [3.63, 3.8) is 0 Å². The molecule has 1 aromatic carbocycles. The van der Waals surface area contributed by atoms with Gasteiger partial charge < -0.3 is 10.6 Å². The summed E-state index contributed by atoms with van der Waals surface area (Å²) in [4.78, 5) is 11.3. The average Bonchev–Trinajstić information content (AvgIpc) is 2.11. The van der Waals surface area contributed by atoms with E-state index < -0.39 is 0 Å². The lowest BCUT2D eigenvalue weighted by Gasteiger charge is -2.12. The van der Waals surface area contributed by atoms with Crippen LogP contribution in [0.15, 0.2) is 24.9 Å². The van der Waals surface area contributed by atoms with E-state index in [0.717, 1.165) is 16.8 Å². The number of nitrogens with one attached hydrogen (secondary N) is 2. The Bertz CT molecular complexity index is 374. The predicted molar refractivity (Wildman–Crippen MR) is 63.0 cm³/mol. The fraction of sp³-hybridized carbons (Fsp3) is 0.250. The average molecular weight is 204 g/mol. The molecule has 80 valence electrons. The first-order valence-corrected chi connectivity index (χ1v) is 4.81. The Hall–Kier alpha value is -1.77. The predicted octanol–water partition coefficient (Wildman–Crippen LogP) is 2.88. The second-order valence-electron chi connectivity index (χ2n) is 3.58. The Morgan fingerprint density at radius 1 is 1.27 bits per heavy atom. The normalized spacial score (nSPS) is 9.53. The molecule has 0 saturated carbocycles. The smallest absolute Gasteiger partial charge is 0.315 e. The van der Waals surface area contributed by atoms with E-state index in [1.54, 1.807) is 0 Å². The van der Waals surface area contributed by atoms with E-state index in [-0.39, 0.29) is 6.03 Å². The number of hydrogen-bond acceptors (Lipinski definition) is 1. The molecule has 1 rings (SSSR count). The van der Waals surface area contributed by atoms with Crippen molar-refractivity contribution >= 4 is 11.7 Å². The fourth-order valence-electron chi connectivity index (χ4n) is 1.62. The maximum absolute atomic E-state index is 11.3. The third-order valence-corrected chi connectivity index (χ3v) is 2.15. The zero-order valence-corrected chi connectivity index (χ0v) is 9.35. The highest BCUT2D eigenvalue weighted by atomic mass is 16.2. The van der Waals surface area contributed by atoms with Crippen LogP contribution >= 0.6 is 0 Å². The molecule has 0 spiro atoms. The molecule has 0 radical (unpaired) electrons. The van der Waals surface area contributed by atoms with Gasteiger partial charge in [0.1, 0.15) is 0 Å². The highest BCUT2D eigenvalue weighted by molar-refractivity contribution is 5.91. The van der Waals surface area contributed by atoms with Crippen molar-refractivity contribution in [2.75, 3.05) is 5.32 Å². The van der Waals surface area contributed by atoms with E-state index in [1.165, 1.54) is 11.8 Å². The molecule has 0 fully saturated rings. The Morgan fingerprint density at radius 3 is 2.27 bits per heavy atom. The van der Waals surface area contributed by atoms with Gasteiger partial charge in [-0.25, -0.2) is 4.79 Å². The minimum Gasteiger partial charge on any atom is -0.315 e. The number of carbonyl (C=O) groups excluding carboxylic acids is 1. The second-order valence-corrected chi connectivity index (χ2v) is 3.58. The number of aryl methyl sites for hydroxylation is 3. The van der Waals surface area contributed by atoms with Crippen LogP contribution in [-0.4, -0.2) is 6.03 Å². The third kappa shape index (κ3) is 2.84. The SMILES string of the molecule is C=CNC(=O)Nc1c(C)cc(C)cc1C. The van der Waals surface area contributed by atoms with Crippen molar-refractivity contribution in [2.45, 2.75) is 20.8 Å². The molecule has 3 heteroatoms. The molecule has 0 unspecified atom stereocenters. The summed E-state index contributed by atoms with van der Waals surface area (Å²) in [5.41, 5.74) is 4.18. The summed E-state index contributed by atoms with van der Waals surface area (Å²) >= 11 is 0. The van der Waals surface area contributed by atoms with Crippen molar-refractivity contribution in [2.24, 2.45) is 0 Å². The van der Waals surface area contributed by atoms with Crippen LogP contribution in [0.2, 0.25) is 0 Å². The molecule has 0 aromatic heterocycles. The van der Waals surface area contributed by atoms with Crippen LogP contribution < -0.4 is 10.6 Å². The number of rotatable bonds is 2. The summed E-state index contributed by atoms with van der Waals surface area (Å²) < 4.78 is 0. The van der Waals surface area contributed by atoms with Crippen molar-refractivity contribution in [3.8, 4) is 0 Å². The first kappa shape index (κ1) is 11.3. The largest absolute Gasteiger partial charge is 0.323 e. The van der Waals surface area contributed by atoms with Crippen molar-refractivity contribution in [1.82, 2.24) is 5.32 Å². The molecule has 0 saturated heterocycles. The molecule has 3 nitrogen and oxygen atoms in total. The Balaban J connectivity index is 2.94. The summed E-state index contributed by atoms with van der Waals surface area (Å²) in [6.45, 7) is 9.42. The molecule has 0 bridgehead atoms. The minimum absolute atomic E-state index is 0.264. The summed E-state index contributed by atoms with van der Waals surface area (Å²) in [5, 5.41) is 5.26. The van der Waals surface area contributed by atoms with Crippen molar-refractivity contribution in [3.05, 3.63) is 41.6 Å². The van der Waals surface area contributed by atoms with Crippen LogP contribution in [0.1, 0.15) is 16.7 Å². The van der Waals surface area contributed by atoms with E-state index in [9.17, 15) is 4.79 Å². The molecular weight excluding hydrogens is 188 g/mol. The lowest BCUT2D eigenvalue weighted by Crippen LogP contribution is -2.24. The molecule has 2 amide bonds. The summed E-state index contributed by atoms with van der Waals surface area (Å²) in [5.74, 6) is 0.